The third-order valence-electron chi connectivity index (χ3n) is 2.74. The lowest BCUT2D eigenvalue weighted by atomic mass is 9.95. The monoisotopic (exact) mass is 260 g/mol. The van der Waals surface area contributed by atoms with Gasteiger partial charge in [-0.25, -0.2) is 0 Å². The Labute approximate surface area is 114 Å². The minimum absolute atomic E-state index is 0.127. The molecule has 0 saturated heterocycles. The number of methoxy groups -OCH3 is 1. The topological polar surface area (TPSA) is 62.1 Å². The van der Waals surface area contributed by atoms with E-state index in [0.717, 1.165) is 12.2 Å². The summed E-state index contributed by atoms with van der Waals surface area (Å²) < 4.78 is 5.04. The van der Waals surface area contributed by atoms with Crippen LogP contribution in [0.4, 0.5) is 5.69 Å². The lowest BCUT2D eigenvalue weighted by Gasteiger charge is -2.11. The molecule has 0 spiro atoms. The van der Waals surface area contributed by atoms with Crippen molar-refractivity contribution < 1.29 is 9.53 Å². The van der Waals surface area contributed by atoms with Gasteiger partial charge in [-0.2, -0.15) is 5.26 Å². The summed E-state index contributed by atoms with van der Waals surface area (Å²) in [6, 6.07) is 9.31. The predicted octanol–water partition coefficient (Wildman–Crippen LogP) is 3.21. The Kier molecular flexibility index (Phi) is 5.87. The zero-order chi connectivity index (χ0) is 14.3. The number of nitrogens with one attached hydrogen (secondary N) is 1. The van der Waals surface area contributed by atoms with Gasteiger partial charge in [0, 0.05) is 12.1 Å². The number of nitriles is 1. The van der Waals surface area contributed by atoms with Crippen molar-refractivity contribution in [2.45, 2.75) is 26.7 Å². The second-order valence-corrected chi connectivity index (χ2v) is 4.94. The van der Waals surface area contributed by atoms with Gasteiger partial charge in [-0.15, -0.1) is 0 Å². The van der Waals surface area contributed by atoms with E-state index in [4.69, 9.17) is 10.00 Å². The molecule has 0 saturated carbocycles. The molecule has 0 aliphatic rings. The second kappa shape index (κ2) is 7.42. The van der Waals surface area contributed by atoms with Crippen LogP contribution in [0.5, 0.6) is 5.75 Å². The van der Waals surface area contributed by atoms with Crippen molar-refractivity contribution in [1.82, 2.24) is 0 Å². The fourth-order valence-corrected chi connectivity index (χ4v) is 1.86. The van der Waals surface area contributed by atoms with Crippen LogP contribution < -0.4 is 10.1 Å². The van der Waals surface area contributed by atoms with E-state index in [0.29, 0.717) is 11.6 Å². The van der Waals surface area contributed by atoms with Crippen LogP contribution in [0.25, 0.3) is 0 Å². The van der Waals surface area contributed by atoms with Crippen molar-refractivity contribution in [2.75, 3.05) is 12.4 Å². The number of anilines is 1. The van der Waals surface area contributed by atoms with Gasteiger partial charge in [-0.1, -0.05) is 13.8 Å². The Bertz CT molecular complexity index is 446. The molecule has 0 aromatic heterocycles. The van der Waals surface area contributed by atoms with Gasteiger partial charge in [-0.3, -0.25) is 4.79 Å². The average Bonchev–Trinajstić information content (AvgIpc) is 2.38. The fourth-order valence-electron chi connectivity index (χ4n) is 1.86. The summed E-state index contributed by atoms with van der Waals surface area (Å²) in [7, 11) is 1.59. The Morgan fingerprint density at radius 1 is 1.37 bits per heavy atom. The number of hydrogen-bond donors (Lipinski definition) is 1. The van der Waals surface area contributed by atoms with Gasteiger partial charge in [0.05, 0.1) is 19.1 Å². The lowest BCUT2D eigenvalue weighted by molar-refractivity contribution is -0.116. The summed E-state index contributed by atoms with van der Waals surface area (Å²) in [5.41, 5.74) is 0.715. The first kappa shape index (κ1) is 15.0. The molecule has 1 aromatic carbocycles. The maximum atomic E-state index is 11.8. The highest BCUT2D eigenvalue weighted by Crippen LogP contribution is 2.18. The van der Waals surface area contributed by atoms with Gasteiger partial charge < -0.3 is 10.1 Å². The third-order valence-corrected chi connectivity index (χ3v) is 2.74. The molecule has 1 amide bonds. The molecule has 0 aliphatic heterocycles. The summed E-state index contributed by atoms with van der Waals surface area (Å²) in [6.45, 7) is 4.09. The Morgan fingerprint density at radius 2 is 2.00 bits per heavy atom. The van der Waals surface area contributed by atoms with Crippen LogP contribution in [0.15, 0.2) is 24.3 Å². The molecular weight excluding hydrogens is 240 g/mol. The highest BCUT2D eigenvalue weighted by atomic mass is 16.5. The molecule has 0 heterocycles. The molecule has 1 rings (SSSR count). The van der Waals surface area contributed by atoms with Crippen LogP contribution in [-0.2, 0) is 4.79 Å². The summed E-state index contributed by atoms with van der Waals surface area (Å²) in [5, 5.41) is 11.8. The molecule has 0 fully saturated rings. The predicted molar refractivity (Wildman–Crippen MR) is 74.8 cm³/mol. The molecule has 0 bridgehead atoms. The van der Waals surface area contributed by atoms with Crippen molar-refractivity contribution >= 4 is 11.6 Å². The molecule has 102 valence electrons. The van der Waals surface area contributed by atoms with Gasteiger partial charge in [0.25, 0.3) is 0 Å². The summed E-state index contributed by atoms with van der Waals surface area (Å²) in [5.74, 6) is 0.807. The van der Waals surface area contributed by atoms with Crippen LogP contribution in [0.1, 0.15) is 26.7 Å². The van der Waals surface area contributed by atoms with Gasteiger partial charge >= 0.3 is 0 Å². The normalized spacial score (nSPS) is 11.7. The minimum Gasteiger partial charge on any atom is -0.497 e. The van der Waals surface area contributed by atoms with Crippen LogP contribution in [-0.4, -0.2) is 13.0 Å². The number of benzene rings is 1. The van der Waals surface area contributed by atoms with E-state index in [1.54, 1.807) is 31.4 Å². The maximum Gasteiger partial charge on any atom is 0.225 e. The van der Waals surface area contributed by atoms with Crippen LogP contribution in [0.3, 0.4) is 0 Å². The molecule has 19 heavy (non-hydrogen) atoms. The molecular formula is C15H20N2O2. The number of carbonyl (C=O) groups is 1. The molecule has 1 N–H and O–H groups in total. The van der Waals surface area contributed by atoms with Crippen LogP contribution >= 0.6 is 0 Å². The first-order valence-corrected chi connectivity index (χ1v) is 6.38. The van der Waals surface area contributed by atoms with E-state index in [1.807, 2.05) is 13.8 Å². The van der Waals surface area contributed by atoms with Crippen molar-refractivity contribution in [3.05, 3.63) is 24.3 Å². The van der Waals surface area contributed by atoms with E-state index in [2.05, 4.69) is 11.4 Å². The summed E-state index contributed by atoms with van der Waals surface area (Å²) in [4.78, 5) is 11.8. The van der Waals surface area contributed by atoms with Gasteiger partial charge in [0.1, 0.15) is 5.75 Å². The van der Waals surface area contributed by atoms with Crippen molar-refractivity contribution in [3.8, 4) is 11.8 Å². The zero-order valence-electron chi connectivity index (χ0n) is 11.6. The number of ether oxygens (including phenoxy) is 1. The summed E-state index contributed by atoms with van der Waals surface area (Å²) in [6.07, 6.45) is 0.979. The van der Waals surface area contributed by atoms with Crippen LogP contribution in [0, 0.1) is 23.2 Å². The van der Waals surface area contributed by atoms with Gasteiger partial charge in [0.15, 0.2) is 0 Å². The molecule has 1 aromatic rings. The Morgan fingerprint density at radius 3 is 2.47 bits per heavy atom. The maximum absolute atomic E-state index is 11.8. The smallest absolute Gasteiger partial charge is 0.225 e. The van der Waals surface area contributed by atoms with Crippen LogP contribution in [0.2, 0.25) is 0 Å². The molecule has 0 radical (unpaired) electrons. The average molecular weight is 260 g/mol. The second-order valence-electron chi connectivity index (χ2n) is 4.94. The lowest BCUT2D eigenvalue weighted by Crippen LogP contribution is -2.16. The quantitative estimate of drug-likeness (QED) is 0.854. The van der Waals surface area contributed by atoms with Gasteiger partial charge in [-0.05, 0) is 36.6 Å². The molecule has 0 aliphatic carbocycles. The first-order chi connectivity index (χ1) is 9.05. The number of carbonyl (C=O) groups excluding carboxylic acids is 1. The molecule has 1 atom stereocenters. The molecule has 4 heteroatoms. The van der Waals surface area contributed by atoms with Gasteiger partial charge in [0.2, 0.25) is 5.91 Å². The summed E-state index contributed by atoms with van der Waals surface area (Å²) >= 11 is 0. The number of amides is 1. The largest absolute Gasteiger partial charge is 0.497 e. The van der Waals surface area contributed by atoms with E-state index in [1.165, 1.54) is 0 Å². The standard InChI is InChI=1S/C15H20N2O2/c1-11(2)8-12(10-16)9-15(18)17-13-4-6-14(19-3)7-5-13/h4-7,11-12H,8-9H2,1-3H3,(H,17,18). The fraction of sp³-hybridized carbons (Fsp3) is 0.467. The van der Waals surface area contributed by atoms with Crippen molar-refractivity contribution in [3.63, 3.8) is 0 Å². The minimum atomic E-state index is -0.224. The van der Waals surface area contributed by atoms with Crippen molar-refractivity contribution in [1.29, 1.82) is 5.26 Å². The van der Waals surface area contributed by atoms with E-state index < -0.39 is 0 Å². The number of nitrogens with zero attached hydrogens (tertiary/aromatic N) is 1. The zero-order valence-corrected chi connectivity index (χ0v) is 11.6. The van der Waals surface area contributed by atoms with E-state index >= 15 is 0 Å². The Balaban J connectivity index is 2.52. The Hall–Kier alpha value is -2.02. The number of rotatable bonds is 6. The molecule has 1 unspecified atom stereocenters. The highest BCUT2D eigenvalue weighted by molar-refractivity contribution is 5.91. The van der Waals surface area contributed by atoms with Crippen molar-refractivity contribution in [2.24, 2.45) is 11.8 Å². The third kappa shape index (κ3) is 5.43. The number of hydrogen-bond acceptors (Lipinski definition) is 3. The first-order valence-electron chi connectivity index (χ1n) is 6.38. The SMILES string of the molecule is COc1ccc(NC(=O)CC(C#N)CC(C)C)cc1. The van der Waals surface area contributed by atoms with E-state index in [9.17, 15) is 4.79 Å². The highest BCUT2D eigenvalue weighted by Gasteiger charge is 2.14. The van der Waals surface area contributed by atoms with E-state index in [-0.39, 0.29) is 18.2 Å². The molecule has 4 nitrogen and oxygen atoms in total.